The minimum atomic E-state index is -1.46. The molecule has 0 saturated heterocycles. The van der Waals surface area contributed by atoms with Gasteiger partial charge < -0.3 is 76.9 Å². The highest BCUT2D eigenvalue weighted by Gasteiger charge is 2.51. The highest BCUT2D eigenvalue weighted by atomic mass is 16.6. The van der Waals surface area contributed by atoms with Gasteiger partial charge in [0.25, 0.3) is 0 Å². The molecular formula is C56H58O17. The molecule has 73 heavy (non-hydrogen) atoms. The molecule has 3 heterocycles. The smallest absolute Gasteiger partial charge is 0.308 e. The van der Waals surface area contributed by atoms with Crippen molar-refractivity contribution >= 4 is 5.97 Å². The van der Waals surface area contributed by atoms with Crippen LogP contribution in [-0.4, -0.2) is 104 Å². The van der Waals surface area contributed by atoms with Gasteiger partial charge >= 0.3 is 5.97 Å². The van der Waals surface area contributed by atoms with Crippen molar-refractivity contribution < 1.29 is 81.7 Å². The number of methoxy groups -OCH3 is 9. The number of carbonyl (C=O) groups is 1. The van der Waals surface area contributed by atoms with Gasteiger partial charge in [0.05, 0.1) is 81.9 Å². The summed E-state index contributed by atoms with van der Waals surface area (Å²) in [4.78, 5) is 13.9. The maximum atomic E-state index is 13.9. The van der Waals surface area contributed by atoms with Crippen LogP contribution in [0.25, 0.3) is 0 Å². The average Bonchev–Trinajstić information content (AvgIpc) is 3.41. The van der Waals surface area contributed by atoms with Gasteiger partial charge in [0, 0.05) is 53.3 Å². The summed E-state index contributed by atoms with van der Waals surface area (Å²) in [6.07, 6.45) is -7.56. The van der Waals surface area contributed by atoms with E-state index in [-0.39, 0.29) is 34.8 Å². The van der Waals surface area contributed by atoms with E-state index in [0.29, 0.717) is 90.9 Å². The quantitative estimate of drug-likeness (QED) is 0.0661. The summed E-state index contributed by atoms with van der Waals surface area (Å²) in [5.74, 6) is 1.34. The fourth-order valence-corrected chi connectivity index (χ4v) is 10.3. The van der Waals surface area contributed by atoms with Gasteiger partial charge in [-0.2, -0.15) is 0 Å². The molecule has 17 heteroatoms. The number of esters is 1. The zero-order valence-electron chi connectivity index (χ0n) is 42.0. The van der Waals surface area contributed by atoms with Gasteiger partial charge in [-0.05, 0) is 65.2 Å². The van der Waals surface area contributed by atoms with E-state index < -0.39 is 54.4 Å². The molecule has 0 spiro atoms. The summed E-state index contributed by atoms with van der Waals surface area (Å²) in [5, 5.41) is 38.8. The summed E-state index contributed by atoms with van der Waals surface area (Å²) in [5.41, 5.74) is 3.25. The number of aliphatic hydroxyl groups excluding tert-OH is 3. The molecule has 0 aliphatic carbocycles. The van der Waals surface area contributed by atoms with Gasteiger partial charge in [0.2, 0.25) is 0 Å². The van der Waals surface area contributed by atoms with Crippen molar-refractivity contribution in [2.45, 2.75) is 61.8 Å². The number of hydrogen-bond donors (Lipinski definition) is 3. The largest absolute Gasteiger partial charge is 0.497 e. The van der Waals surface area contributed by atoms with Gasteiger partial charge in [0.1, 0.15) is 58.6 Å². The summed E-state index contributed by atoms with van der Waals surface area (Å²) in [6.45, 7) is 1.26. The van der Waals surface area contributed by atoms with Crippen molar-refractivity contribution in [1.29, 1.82) is 0 Å². The fraction of sp³-hybridized carbons (Fsp3) is 0.339. The predicted molar refractivity (Wildman–Crippen MR) is 264 cm³/mol. The van der Waals surface area contributed by atoms with Crippen LogP contribution in [0, 0.1) is 0 Å². The van der Waals surface area contributed by atoms with E-state index in [9.17, 15) is 20.1 Å². The number of rotatable bonds is 15. The van der Waals surface area contributed by atoms with E-state index in [1.54, 1.807) is 91.0 Å². The fourth-order valence-electron chi connectivity index (χ4n) is 10.3. The van der Waals surface area contributed by atoms with Crippen LogP contribution in [0.2, 0.25) is 0 Å². The number of carbonyl (C=O) groups excluding carboxylic acids is 1. The lowest BCUT2D eigenvalue weighted by Gasteiger charge is -2.44. The second kappa shape index (κ2) is 20.8. The first-order valence-corrected chi connectivity index (χ1v) is 23.4. The van der Waals surface area contributed by atoms with E-state index in [1.807, 2.05) is 0 Å². The lowest BCUT2D eigenvalue weighted by molar-refractivity contribution is -0.132. The third-order valence-electron chi connectivity index (χ3n) is 13.7. The number of hydrogen-bond acceptors (Lipinski definition) is 17. The third-order valence-corrected chi connectivity index (χ3v) is 13.7. The second-order valence-electron chi connectivity index (χ2n) is 17.6. The zero-order chi connectivity index (χ0) is 51.8. The Hall–Kier alpha value is -7.73. The van der Waals surface area contributed by atoms with E-state index >= 15 is 0 Å². The molecule has 17 nitrogen and oxygen atoms in total. The Balaban J connectivity index is 1.40. The molecular weight excluding hydrogens is 945 g/mol. The Morgan fingerprint density at radius 1 is 0.466 bits per heavy atom. The molecule has 6 aromatic rings. The first-order valence-electron chi connectivity index (χ1n) is 23.4. The topological polar surface area (TPSA) is 198 Å². The van der Waals surface area contributed by atoms with Gasteiger partial charge in [-0.25, -0.2) is 0 Å². The summed E-state index contributed by atoms with van der Waals surface area (Å²) in [7, 11) is 13.6. The molecule has 6 aromatic carbocycles. The van der Waals surface area contributed by atoms with Crippen LogP contribution in [0.4, 0.5) is 0 Å². The Labute approximate surface area is 422 Å². The normalized spacial score (nSPS) is 21.5. The van der Waals surface area contributed by atoms with E-state index in [0.717, 1.165) is 0 Å². The molecule has 0 amide bonds. The monoisotopic (exact) mass is 1000 g/mol. The molecule has 0 radical (unpaired) electrons. The van der Waals surface area contributed by atoms with Gasteiger partial charge in [-0.15, -0.1) is 0 Å². The van der Waals surface area contributed by atoms with E-state index in [4.69, 9.17) is 61.6 Å². The number of ether oxygens (including phenoxy) is 13. The van der Waals surface area contributed by atoms with E-state index in [1.165, 1.54) is 70.9 Å². The second-order valence-corrected chi connectivity index (χ2v) is 17.6. The zero-order valence-corrected chi connectivity index (χ0v) is 42.0. The van der Waals surface area contributed by atoms with Crippen LogP contribution in [0.5, 0.6) is 74.7 Å². The Morgan fingerprint density at radius 2 is 0.890 bits per heavy atom. The molecule has 384 valence electrons. The summed E-state index contributed by atoms with van der Waals surface area (Å²) < 4.78 is 78.7. The van der Waals surface area contributed by atoms with E-state index in [2.05, 4.69) is 0 Å². The van der Waals surface area contributed by atoms with Crippen molar-refractivity contribution in [3.8, 4) is 74.7 Å². The molecule has 0 fully saturated rings. The van der Waals surface area contributed by atoms with Crippen LogP contribution < -0.4 is 61.6 Å². The molecule has 3 aliphatic heterocycles. The van der Waals surface area contributed by atoms with Gasteiger partial charge in [0.15, 0.2) is 46.7 Å². The van der Waals surface area contributed by atoms with Crippen molar-refractivity contribution in [1.82, 2.24) is 0 Å². The Bertz CT molecular complexity index is 3030. The molecule has 3 aliphatic rings. The van der Waals surface area contributed by atoms with Crippen molar-refractivity contribution in [2.24, 2.45) is 0 Å². The average molecular weight is 1000 g/mol. The SMILES string of the molecule is COc1ccc2c(c1)O[C@H](c1ccc(OC)c(OC)c1)[C@@H](O)[C@@H]2c1c2c(c3c(c1OC(C)=O)[C@H](c1ccc(OC)cc1OC)[C@H](O)[C@@H](c1ccc(OC)c(OC)c1)O3)C[C@H](O)[C@@H](c1ccc(OC)c(OC)c1)O2. The molecule has 3 N–H and O–H groups in total. The van der Waals surface area contributed by atoms with Gasteiger partial charge in [-0.1, -0.05) is 30.3 Å². The number of benzene rings is 6. The Kier molecular flexibility index (Phi) is 14.3. The maximum absolute atomic E-state index is 13.9. The lowest BCUT2D eigenvalue weighted by Crippen LogP contribution is -2.40. The lowest BCUT2D eigenvalue weighted by atomic mass is 9.72. The number of fused-ring (bicyclic) bond motifs is 4. The van der Waals surface area contributed by atoms with Crippen molar-refractivity contribution in [3.63, 3.8) is 0 Å². The highest BCUT2D eigenvalue weighted by molar-refractivity contribution is 5.77. The molecule has 9 rings (SSSR count). The molecule has 0 aromatic heterocycles. The van der Waals surface area contributed by atoms with Crippen LogP contribution in [-0.2, 0) is 11.2 Å². The first-order chi connectivity index (χ1) is 35.3. The molecule has 0 saturated carbocycles. The maximum Gasteiger partial charge on any atom is 0.308 e. The predicted octanol–water partition coefficient (Wildman–Crippen LogP) is 7.98. The minimum absolute atomic E-state index is 0.0739. The first kappa shape index (κ1) is 50.2. The standard InChI is InChI=1S/C56H58O17/c1-27(57)70-56-47-45(33-16-14-31(61-2)24-40(33)66-7)50(60)53(30-13-20-39(65-6)44(23-30)69-10)73-55(47)35-26-36(58)51(28-11-18-37(63-4)42(21-28)67-8)72-54(35)48(56)46-34-17-15-32(62-3)25-41(34)71-52(49(46)59)29-12-19-38(64-5)43(22-29)68-9/h11-25,36,45-46,49-53,58-60H,26H2,1-10H3/t36-,45-,46-,49-,50-,51+,52+,53+/m0/s1. The minimum Gasteiger partial charge on any atom is -0.497 e. The molecule has 8 atom stereocenters. The van der Waals surface area contributed by atoms with Crippen LogP contribution >= 0.6 is 0 Å². The van der Waals surface area contributed by atoms with Crippen LogP contribution in [0.3, 0.4) is 0 Å². The molecule has 0 bridgehead atoms. The Morgan fingerprint density at radius 3 is 1.36 bits per heavy atom. The van der Waals surface area contributed by atoms with Crippen molar-refractivity contribution in [3.05, 3.63) is 136 Å². The highest BCUT2D eigenvalue weighted by Crippen LogP contribution is 2.62. The van der Waals surface area contributed by atoms with Gasteiger partial charge in [-0.3, -0.25) is 4.79 Å². The summed E-state index contributed by atoms with van der Waals surface area (Å²) in [6, 6.07) is 25.9. The van der Waals surface area contributed by atoms with Crippen LogP contribution in [0.15, 0.2) is 91.0 Å². The third kappa shape index (κ3) is 8.91. The number of aliphatic hydroxyl groups is 3. The van der Waals surface area contributed by atoms with Crippen LogP contribution in [0.1, 0.15) is 81.6 Å². The molecule has 0 unspecified atom stereocenters. The summed E-state index contributed by atoms with van der Waals surface area (Å²) >= 11 is 0. The van der Waals surface area contributed by atoms with Crippen molar-refractivity contribution in [2.75, 3.05) is 64.0 Å².